The zero-order chi connectivity index (χ0) is 17.5. The summed E-state index contributed by atoms with van der Waals surface area (Å²) in [6, 6.07) is 19.0. The van der Waals surface area contributed by atoms with Crippen LogP contribution < -0.4 is 5.73 Å². The fourth-order valence-corrected chi connectivity index (χ4v) is 4.50. The molecule has 0 aliphatic heterocycles. The van der Waals surface area contributed by atoms with E-state index in [4.69, 9.17) is 5.73 Å². The second-order valence-electron chi connectivity index (χ2n) is 6.06. The summed E-state index contributed by atoms with van der Waals surface area (Å²) in [6.45, 7) is 0.642. The molecular weight excluding hydrogens is 342 g/mol. The molecule has 0 atom stereocenters. The van der Waals surface area contributed by atoms with Gasteiger partial charge in [-0.25, -0.2) is 14.6 Å². The molecule has 0 bridgehead atoms. The molecule has 5 rings (SSSR count). The summed E-state index contributed by atoms with van der Waals surface area (Å²) in [7, 11) is 0. The van der Waals surface area contributed by atoms with Crippen molar-refractivity contribution in [1.29, 1.82) is 0 Å². The predicted molar refractivity (Wildman–Crippen MR) is 106 cm³/mol. The van der Waals surface area contributed by atoms with Gasteiger partial charge in [0.05, 0.1) is 18.1 Å². The van der Waals surface area contributed by atoms with Crippen LogP contribution in [0.15, 0.2) is 67.1 Å². The molecule has 0 amide bonds. The lowest BCUT2D eigenvalue weighted by atomic mass is 10.0. The molecule has 0 radical (unpaired) electrons. The van der Waals surface area contributed by atoms with Gasteiger partial charge < -0.3 is 5.73 Å². The maximum absolute atomic E-state index is 5.94. The number of nitrogen functional groups attached to an aromatic ring is 1. The van der Waals surface area contributed by atoms with Crippen LogP contribution in [-0.4, -0.2) is 19.7 Å². The summed E-state index contributed by atoms with van der Waals surface area (Å²) >= 11 is 1.79. The summed E-state index contributed by atoms with van der Waals surface area (Å²) in [5.41, 5.74) is 9.18. The van der Waals surface area contributed by atoms with Crippen LogP contribution in [0.3, 0.4) is 0 Å². The van der Waals surface area contributed by atoms with Crippen LogP contribution in [0, 0.1) is 0 Å². The number of benzene rings is 2. The second kappa shape index (κ2) is 5.93. The van der Waals surface area contributed by atoms with E-state index in [2.05, 4.69) is 63.6 Å². The second-order valence-corrected chi connectivity index (χ2v) is 7.20. The maximum atomic E-state index is 5.94. The lowest BCUT2D eigenvalue weighted by Crippen LogP contribution is -2.03. The number of nitrogens with two attached hydrogens (primary N) is 1. The van der Waals surface area contributed by atoms with E-state index in [9.17, 15) is 0 Å². The third-order valence-electron chi connectivity index (χ3n) is 4.49. The van der Waals surface area contributed by atoms with Crippen LogP contribution in [0.5, 0.6) is 0 Å². The molecule has 26 heavy (non-hydrogen) atoms. The van der Waals surface area contributed by atoms with Gasteiger partial charge in [0.25, 0.3) is 0 Å². The van der Waals surface area contributed by atoms with E-state index < -0.39 is 0 Å². The van der Waals surface area contributed by atoms with Crippen molar-refractivity contribution in [3.8, 4) is 11.1 Å². The van der Waals surface area contributed by atoms with Gasteiger partial charge >= 0.3 is 0 Å². The third-order valence-corrected chi connectivity index (χ3v) is 5.64. The maximum Gasteiger partial charge on any atom is 0.163 e. The number of hydrogen-bond acceptors (Lipinski definition) is 5. The van der Waals surface area contributed by atoms with Gasteiger partial charge in [-0.2, -0.15) is 5.10 Å². The van der Waals surface area contributed by atoms with Crippen LogP contribution in [0.25, 0.3) is 32.2 Å². The summed E-state index contributed by atoms with van der Waals surface area (Å²) in [5, 5.41) is 6.55. The van der Waals surface area contributed by atoms with E-state index in [1.165, 1.54) is 32.4 Å². The van der Waals surface area contributed by atoms with E-state index in [0.29, 0.717) is 12.4 Å². The van der Waals surface area contributed by atoms with Gasteiger partial charge in [-0.05, 0) is 11.6 Å². The minimum atomic E-state index is 0.459. The van der Waals surface area contributed by atoms with E-state index in [1.54, 1.807) is 17.5 Å². The van der Waals surface area contributed by atoms with E-state index in [0.717, 1.165) is 11.0 Å². The highest BCUT2D eigenvalue weighted by Gasteiger charge is 2.16. The number of aromatic nitrogens is 4. The van der Waals surface area contributed by atoms with Crippen LogP contribution in [-0.2, 0) is 6.54 Å². The fraction of sp³-hybridized carbons (Fsp3) is 0.0500. The van der Waals surface area contributed by atoms with Crippen molar-refractivity contribution in [2.24, 2.45) is 0 Å². The Kier molecular flexibility index (Phi) is 3.43. The van der Waals surface area contributed by atoms with Gasteiger partial charge in [-0.1, -0.05) is 48.5 Å². The average molecular weight is 357 g/mol. The topological polar surface area (TPSA) is 69.6 Å². The number of nitrogens with zero attached hydrogens (tertiary/aromatic N) is 4. The molecule has 3 heterocycles. The first-order chi connectivity index (χ1) is 12.8. The molecule has 0 fully saturated rings. The zero-order valence-corrected chi connectivity index (χ0v) is 14.6. The number of hydrogen-bond donors (Lipinski definition) is 1. The van der Waals surface area contributed by atoms with E-state index in [-0.39, 0.29) is 0 Å². The van der Waals surface area contributed by atoms with Crippen LogP contribution in [0.1, 0.15) is 4.88 Å². The smallest absolute Gasteiger partial charge is 0.163 e. The number of thiophene rings is 1. The van der Waals surface area contributed by atoms with Gasteiger partial charge in [0.15, 0.2) is 5.65 Å². The molecule has 0 saturated heterocycles. The van der Waals surface area contributed by atoms with Crippen molar-refractivity contribution in [2.45, 2.75) is 6.54 Å². The van der Waals surface area contributed by atoms with Crippen LogP contribution in [0.4, 0.5) is 5.82 Å². The number of anilines is 1. The highest BCUT2D eigenvalue weighted by molar-refractivity contribution is 7.19. The van der Waals surface area contributed by atoms with Crippen molar-refractivity contribution in [1.82, 2.24) is 19.7 Å². The Labute approximate surface area is 153 Å². The normalized spacial score (nSPS) is 11.4. The molecule has 6 heteroatoms. The minimum Gasteiger partial charge on any atom is -0.383 e. The van der Waals surface area contributed by atoms with Gasteiger partial charge in [0.2, 0.25) is 0 Å². The van der Waals surface area contributed by atoms with Gasteiger partial charge in [0, 0.05) is 20.5 Å². The minimum absolute atomic E-state index is 0.459. The van der Waals surface area contributed by atoms with Crippen LogP contribution >= 0.6 is 11.3 Å². The van der Waals surface area contributed by atoms with Gasteiger partial charge in [-0.15, -0.1) is 11.3 Å². The van der Waals surface area contributed by atoms with E-state index >= 15 is 0 Å². The summed E-state index contributed by atoms with van der Waals surface area (Å²) in [6.07, 6.45) is 3.22. The zero-order valence-electron chi connectivity index (χ0n) is 13.8. The highest BCUT2D eigenvalue weighted by Crippen LogP contribution is 2.39. The van der Waals surface area contributed by atoms with E-state index in [1.807, 2.05) is 10.7 Å². The molecule has 0 aliphatic rings. The van der Waals surface area contributed by atoms with Crippen molar-refractivity contribution >= 4 is 38.3 Å². The molecule has 3 aromatic heterocycles. The molecule has 2 N–H and O–H groups in total. The molecule has 5 nitrogen and oxygen atoms in total. The Morgan fingerprint density at radius 1 is 0.923 bits per heavy atom. The molecule has 5 aromatic rings. The third kappa shape index (κ3) is 2.34. The first-order valence-electron chi connectivity index (χ1n) is 8.29. The Morgan fingerprint density at radius 2 is 1.73 bits per heavy atom. The van der Waals surface area contributed by atoms with Crippen molar-refractivity contribution in [3.05, 3.63) is 72.0 Å². The molecular formula is C20H15N5S. The molecule has 2 aromatic carbocycles. The molecule has 126 valence electrons. The lowest BCUT2D eigenvalue weighted by Gasteiger charge is -2.06. The van der Waals surface area contributed by atoms with Crippen LogP contribution in [0.2, 0.25) is 0 Å². The standard InChI is InChI=1S/C20H15N5S/c21-19-15-10-24-25(20(15)23-12-22-19)11-17-18(13-6-2-1-3-7-13)14-8-4-5-9-16(14)26-17/h1-10,12H,11H2,(H2,21,22,23). The predicted octanol–water partition coefficient (Wildman–Crippen LogP) is 4.34. The number of rotatable bonds is 3. The SMILES string of the molecule is Nc1ncnc2c1cnn2Cc1sc2ccccc2c1-c1ccccc1. The largest absolute Gasteiger partial charge is 0.383 e. The Hall–Kier alpha value is -3.25. The molecule has 0 aliphatic carbocycles. The summed E-state index contributed by atoms with van der Waals surface area (Å²) in [5.74, 6) is 0.459. The molecule has 0 saturated carbocycles. The van der Waals surface area contributed by atoms with Crippen molar-refractivity contribution in [2.75, 3.05) is 5.73 Å². The first kappa shape index (κ1) is 15.0. The Morgan fingerprint density at radius 3 is 2.62 bits per heavy atom. The van der Waals surface area contributed by atoms with Gasteiger partial charge in [-0.3, -0.25) is 0 Å². The molecule has 0 spiro atoms. The molecule has 0 unspecified atom stereocenters. The number of fused-ring (bicyclic) bond motifs is 2. The van der Waals surface area contributed by atoms with Crippen molar-refractivity contribution in [3.63, 3.8) is 0 Å². The summed E-state index contributed by atoms with van der Waals surface area (Å²) < 4.78 is 3.16. The highest BCUT2D eigenvalue weighted by atomic mass is 32.1. The fourth-order valence-electron chi connectivity index (χ4n) is 3.29. The lowest BCUT2D eigenvalue weighted by molar-refractivity contribution is 0.713. The monoisotopic (exact) mass is 357 g/mol. The average Bonchev–Trinajstić information content (AvgIpc) is 3.25. The first-order valence-corrected chi connectivity index (χ1v) is 9.11. The quantitative estimate of drug-likeness (QED) is 0.521. The Bertz CT molecular complexity index is 1220. The Balaban J connectivity index is 1.70. The summed E-state index contributed by atoms with van der Waals surface area (Å²) in [4.78, 5) is 9.66. The van der Waals surface area contributed by atoms with Gasteiger partial charge in [0.1, 0.15) is 12.1 Å². The van der Waals surface area contributed by atoms with Crippen molar-refractivity contribution < 1.29 is 0 Å².